The van der Waals surface area contributed by atoms with Crippen LogP contribution in [0, 0.1) is 48.4 Å². The second-order valence-corrected chi connectivity index (χ2v) is 18.7. The number of nitrogens with zero attached hydrogens (tertiary/aromatic N) is 9. The van der Waals surface area contributed by atoms with E-state index < -0.39 is 23.3 Å². The maximum atomic E-state index is 15.4. The van der Waals surface area contributed by atoms with Gasteiger partial charge in [0.1, 0.15) is 34.9 Å². The average molecular weight is 1090 g/mol. The molecule has 2 saturated heterocycles. The Hall–Kier alpha value is -8.11. The van der Waals surface area contributed by atoms with Crippen LogP contribution in [0.25, 0.3) is 55.7 Å². The van der Waals surface area contributed by atoms with E-state index in [1.807, 2.05) is 62.4 Å². The first kappa shape index (κ1) is 52.7. The fraction of sp³-hybridized carbons (Fsp3) is 0.224. The maximum Gasteiger partial charge on any atom is 0.137 e. The zero-order valence-electron chi connectivity index (χ0n) is 42.1. The van der Waals surface area contributed by atoms with Gasteiger partial charge in [-0.15, -0.1) is 0 Å². The Morgan fingerprint density at radius 3 is 1.53 bits per heavy atom. The average Bonchev–Trinajstić information content (AvgIpc) is 3.46. The quantitative estimate of drug-likeness (QED) is 0.132. The number of pyridine rings is 6. The number of fused-ring (bicyclic) bond motifs is 2. The van der Waals surface area contributed by atoms with Crippen molar-refractivity contribution in [2.75, 3.05) is 73.0 Å². The number of aromatic nitrogens is 6. The number of ether oxygens (including phenoxy) is 2. The summed E-state index contributed by atoms with van der Waals surface area (Å²) in [4.78, 5) is 31.5. The van der Waals surface area contributed by atoms with Gasteiger partial charge in [-0.05, 0) is 71.7 Å². The lowest BCUT2D eigenvalue weighted by Crippen LogP contribution is -2.36. The molecule has 2 N–H and O–H groups in total. The highest BCUT2D eigenvalue weighted by atomic mass is 79.9. The van der Waals surface area contributed by atoms with Gasteiger partial charge in [-0.1, -0.05) is 44.5 Å². The molecule has 8 heterocycles. The van der Waals surface area contributed by atoms with Crippen molar-refractivity contribution in [3.05, 3.63) is 166 Å². The number of halogens is 5. The summed E-state index contributed by atoms with van der Waals surface area (Å²) < 4.78 is 70.5. The molecule has 9 aromatic rings. The second kappa shape index (κ2) is 24.0. The van der Waals surface area contributed by atoms with Crippen molar-refractivity contribution >= 4 is 72.1 Å². The van der Waals surface area contributed by atoms with E-state index in [4.69, 9.17) is 14.5 Å². The minimum Gasteiger partial charge on any atom is -0.378 e. The number of hydrogen-bond donors (Lipinski definition) is 2. The van der Waals surface area contributed by atoms with Gasteiger partial charge < -0.3 is 29.9 Å². The van der Waals surface area contributed by atoms with E-state index in [0.717, 1.165) is 48.0 Å². The Balaban J connectivity index is 0.000000180. The summed E-state index contributed by atoms with van der Waals surface area (Å²) >= 11 is 3.54. The van der Waals surface area contributed by atoms with Crippen LogP contribution in [0.1, 0.15) is 37.0 Å². The molecule has 0 unspecified atom stereocenters. The predicted molar refractivity (Wildman–Crippen MR) is 294 cm³/mol. The largest absolute Gasteiger partial charge is 0.378 e. The zero-order valence-corrected chi connectivity index (χ0v) is 43.7. The predicted octanol–water partition coefficient (Wildman–Crippen LogP) is 13.4. The molecule has 3 aromatic carbocycles. The van der Waals surface area contributed by atoms with Gasteiger partial charge in [0.2, 0.25) is 0 Å². The van der Waals surface area contributed by atoms with Crippen molar-refractivity contribution in [2.24, 2.45) is 0 Å². The Labute approximate surface area is 445 Å². The second-order valence-electron chi connectivity index (χ2n) is 17.9. The zero-order chi connectivity index (χ0) is 53.3. The SMILES string of the molecule is CCC.Cc1c(-c2ccccn2)nc2cc(F)cc(F)c2c1Nc1cc(N2CCOCC2)ncc1-c1ccc(C#N)cc1.Cc1c(-c2ccccn2)nc2cc(F)cc(F)c2c1Nc1cc(N2CCOCC2)ncc1Br. The fourth-order valence-corrected chi connectivity index (χ4v) is 9.17. The van der Waals surface area contributed by atoms with Crippen LogP contribution in [0.4, 0.5) is 51.9 Å². The van der Waals surface area contributed by atoms with Crippen molar-refractivity contribution in [2.45, 2.75) is 34.1 Å². The van der Waals surface area contributed by atoms with Gasteiger partial charge >= 0.3 is 0 Å². The number of rotatable bonds is 9. The number of benzene rings is 3. The molecule has 13 nitrogen and oxygen atoms in total. The lowest BCUT2D eigenvalue weighted by atomic mass is 10.0. The van der Waals surface area contributed by atoms with Crippen molar-refractivity contribution in [1.29, 1.82) is 5.26 Å². The Morgan fingerprint density at radius 1 is 0.605 bits per heavy atom. The Kier molecular flexibility index (Phi) is 16.7. The first-order valence-electron chi connectivity index (χ1n) is 24.7. The van der Waals surface area contributed by atoms with Crippen LogP contribution in [0.2, 0.25) is 0 Å². The number of nitriles is 1. The molecular formula is C58H52BrF4N11O2. The van der Waals surface area contributed by atoms with Gasteiger partial charge in [-0.2, -0.15) is 5.26 Å². The first-order chi connectivity index (χ1) is 36.9. The molecule has 0 radical (unpaired) electrons. The molecule has 0 amide bonds. The molecule has 6 aromatic heterocycles. The smallest absolute Gasteiger partial charge is 0.137 e. The normalized spacial score (nSPS) is 13.3. The van der Waals surface area contributed by atoms with Crippen molar-refractivity contribution in [3.63, 3.8) is 0 Å². The molecule has 0 bridgehead atoms. The van der Waals surface area contributed by atoms with Crippen molar-refractivity contribution in [3.8, 4) is 40.0 Å². The van der Waals surface area contributed by atoms with Gasteiger partial charge in [0.05, 0.1) is 110 Å². The van der Waals surface area contributed by atoms with E-state index >= 15 is 8.78 Å². The van der Waals surface area contributed by atoms with Crippen LogP contribution in [-0.2, 0) is 9.47 Å². The molecular weight excluding hydrogens is 1040 g/mol. The number of morpholine rings is 2. The van der Waals surface area contributed by atoms with Crippen LogP contribution < -0.4 is 20.4 Å². The molecule has 2 fully saturated rings. The van der Waals surface area contributed by atoms with Gasteiger partial charge in [0, 0.05) is 104 Å². The molecule has 0 saturated carbocycles. The van der Waals surface area contributed by atoms with E-state index in [1.54, 1.807) is 49.1 Å². The highest BCUT2D eigenvalue weighted by Crippen LogP contribution is 2.41. The van der Waals surface area contributed by atoms with Gasteiger partial charge in [-0.3, -0.25) is 9.97 Å². The summed E-state index contributed by atoms with van der Waals surface area (Å²) in [6.45, 7) is 13.3. The van der Waals surface area contributed by atoms with E-state index in [9.17, 15) is 14.0 Å². The number of hydrogen-bond acceptors (Lipinski definition) is 13. The van der Waals surface area contributed by atoms with Crippen molar-refractivity contribution in [1.82, 2.24) is 29.9 Å². The highest BCUT2D eigenvalue weighted by Gasteiger charge is 2.23. The Morgan fingerprint density at radius 2 is 1.07 bits per heavy atom. The monoisotopic (exact) mass is 1090 g/mol. The van der Waals surface area contributed by atoms with Crippen LogP contribution >= 0.6 is 15.9 Å². The fourth-order valence-electron chi connectivity index (χ4n) is 8.85. The topological polar surface area (TPSA) is 150 Å². The minimum absolute atomic E-state index is 0.175. The molecule has 386 valence electrons. The third-order valence-electron chi connectivity index (χ3n) is 12.6. The van der Waals surface area contributed by atoms with Crippen LogP contribution in [-0.4, -0.2) is 82.5 Å². The third-order valence-corrected chi connectivity index (χ3v) is 13.2. The summed E-state index contributed by atoms with van der Waals surface area (Å²) in [5.74, 6) is -1.27. The minimum atomic E-state index is -0.719. The van der Waals surface area contributed by atoms with Gasteiger partial charge in [0.25, 0.3) is 0 Å². The lowest BCUT2D eigenvalue weighted by Gasteiger charge is -2.28. The van der Waals surface area contributed by atoms with Crippen LogP contribution in [0.5, 0.6) is 0 Å². The summed E-state index contributed by atoms with van der Waals surface area (Å²) in [7, 11) is 0. The van der Waals surface area contributed by atoms with E-state index in [1.165, 1.54) is 18.6 Å². The third kappa shape index (κ3) is 11.7. The number of anilines is 6. The molecule has 2 aliphatic heterocycles. The molecule has 11 rings (SSSR count). The van der Waals surface area contributed by atoms with Gasteiger partial charge in [-0.25, -0.2) is 37.5 Å². The van der Waals surface area contributed by atoms with Crippen LogP contribution in [0.3, 0.4) is 0 Å². The number of nitrogens with one attached hydrogen (secondary N) is 2. The van der Waals surface area contributed by atoms with E-state index in [2.05, 4.69) is 81.2 Å². The summed E-state index contributed by atoms with van der Waals surface area (Å²) in [5, 5.41) is 16.5. The maximum absolute atomic E-state index is 15.4. The van der Waals surface area contributed by atoms with Crippen LogP contribution in [0.15, 0.2) is 126 Å². The molecule has 76 heavy (non-hydrogen) atoms. The molecule has 0 spiro atoms. The van der Waals surface area contributed by atoms with E-state index in [-0.39, 0.29) is 21.8 Å². The molecule has 0 atom stereocenters. The highest BCUT2D eigenvalue weighted by molar-refractivity contribution is 9.10. The summed E-state index contributed by atoms with van der Waals surface area (Å²) in [6.07, 6.45) is 8.04. The molecule has 2 aliphatic rings. The lowest BCUT2D eigenvalue weighted by molar-refractivity contribution is 0.122. The standard InChI is InChI=1S/C31H24F2N6O.C24H20BrF2N5O.C3H8/c1-19-30(25-4-2-3-9-35-25)38-27-15-22(32)14-24(33)29(27)31(19)37-26-16-28(39-10-12-40-13-11-39)36-18-23(26)21-7-5-20(17-34)6-8-21;1-14-23(18-4-2-3-5-28-18)31-20-11-15(26)10-17(27)22(20)24(14)30-19-12-21(29-13-16(19)25)32-6-8-33-9-7-32;1-3-2/h2-9,14-16,18H,10-13H2,1H3,(H,36,37,38);2-5,10-13H,6-9H2,1H3,(H,29,30,31);3H2,1-2H3. The van der Waals surface area contributed by atoms with E-state index in [0.29, 0.717) is 106 Å². The van der Waals surface area contributed by atoms with Crippen molar-refractivity contribution < 1.29 is 27.0 Å². The molecule has 18 heteroatoms. The Bertz CT molecular complexity index is 3560. The first-order valence-corrected chi connectivity index (χ1v) is 25.5. The molecule has 0 aliphatic carbocycles. The van der Waals surface area contributed by atoms with Gasteiger partial charge in [0.15, 0.2) is 0 Å². The summed E-state index contributed by atoms with van der Waals surface area (Å²) in [5.41, 5.74) is 8.47. The summed E-state index contributed by atoms with van der Waals surface area (Å²) in [6, 6.07) is 28.3.